The molecule has 2 atom stereocenters. The molecule has 0 amide bonds. The van der Waals surface area contributed by atoms with Crippen LogP contribution in [0.15, 0.2) is 88.4 Å². The Morgan fingerprint density at radius 3 is 2.76 bits per heavy atom. The fraction of sp³-hybridized carbons (Fsp3) is 0.273. The second kappa shape index (κ2) is 11.8. The number of aryl methyl sites for hydroxylation is 1. The molecule has 2 unspecified atom stereocenters. The van der Waals surface area contributed by atoms with Gasteiger partial charge in [-0.1, -0.05) is 24.3 Å². The summed E-state index contributed by atoms with van der Waals surface area (Å²) in [6.45, 7) is 4.10. The van der Waals surface area contributed by atoms with Gasteiger partial charge in [-0.15, -0.1) is 11.3 Å². The summed E-state index contributed by atoms with van der Waals surface area (Å²) in [4.78, 5) is 18.2. The van der Waals surface area contributed by atoms with Crippen LogP contribution in [0, 0.1) is 12.8 Å². The third kappa shape index (κ3) is 6.06. The van der Waals surface area contributed by atoms with Gasteiger partial charge in [-0.2, -0.15) is 0 Å². The predicted octanol–water partition coefficient (Wildman–Crippen LogP) is 7.44. The molecule has 216 valence electrons. The first kappa shape index (κ1) is 27.7. The molecule has 0 saturated carbocycles. The highest BCUT2D eigenvalue weighted by Crippen LogP contribution is 2.38. The van der Waals surface area contributed by atoms with Crippen LogP contribution in [0.2, 0.25) is 0 Å². The highest BCUT2D eigenvalue weighted by atomic mass is 32.1. The summed E-state index contributed by atoms with van der Waals surface area (Å²) in [6, 6.07) is 17.4. The number of fused-ring (bicyclic) bond motifs is 1. The number of hydrogen-bond acceptors (Lipinski definition) is 8. The number of hydrogen-bond donors (Lipinski definition) is 1. The van der Waals surface area contributed by atoms with Gasteiger partial charge in [0.05, 0.1) is 12.3 Å². The first-order chi connectivity index (χ1) is 20.4. The van der Waals surface area contributed by atoms with Gasteiger partial charge in [0.1, 0.15) is 17.3 Å². The average Bonchev–Trinajstić information content (AvgIpc) is 3.76. The van der Waals surface area contributed by atoms with E-state index >= 15 is 0 Å². The largest absolute Gasteiger partial charge is 0.494 e. The van der Waals surface area contributed by atoms with E-state index in [0.29, 0.717) is 49.0 Å². The van der Waals surface area contributed by atoms with E-state index < -0.39 is 11.6 Å². The van der Waals surface area contributed by atoms with E-state index in [-0.39, 0.29) is 12.7 Å². The number of aromatic nitrogens is 1. The summed E-state index contributed by atoms with van der Waals surface area (Å²) in [5, 5.41) is 12.1. The van der Waals surface area contributed by atoms with E-state index in [4.69, 9.17) is 28.3 Å². The quantitative estimate of drug-likeness (QED) is 0.194. The number of carbonyl (C=O) groups is 1. The maximum absolute atomic E-state index is 12.2. The van der Waals surface area contributed by atoms with Crippen molar-refractivity contribution in [3.05, 3.63) is 95.4 Å². The molecule has 1 N–H and O–H groups in total. The van der Waals surface area contributed by atoms with Crippen LogP contribution in [0.25, 0.3) is 21.9 Å². The highest BCUT2D eigenvalue weighted by Gasteiger charge is 2.38. The van der Waals surface area contributed by atoms with Crippen molar-refractivity contribution in [1.82, 2.24) is 4.98 Å². The van der Waals surface area contributed by atoms with Crippen molar-refractivity contribution in [2.45, 2.75) is 38.7 Å². The number of oxazole rings is 1. The number of thiophene rings is 1. The maximum Gasteiger partial charge on any atom is 0.347 e. The Morgan fingerprint density at radius 1 is 1.12 bits per heavy atom. The Hall–Kier alpha value is -4.50. The lowest BCUT2D eigenvalue weighted by molar-refractivity contribution is -0.155. The second-order valence-corrected chi connectivity index (χ2v) is 11.4. The topological polar surface area (TPSA) is 100 Å². The van der Waals surface area contributed by atoms with Crippen LogP contribution in [-0.4, -0.2) is 35.1 Å². The average molecular weight is 586 g/mol. The molecular weight excluding hydrogens is 554 g/mol. The van der Waals surface area contributed by atoms with Crippen LogP contribution in [-0.2, 0) is 16.0 Å². The molecule has 3 heterocycles. The third-order valence-corrected chi connectivity index (χ3v) is 8.28. The third-order valence-electron chi connectivity index (χ3n) is 7.36. The molecule has 0 spiro atoms. The molecule has 2 aromatic carbocycles. The Kier molecular flexibility index (Phi) is 7.75. The molecule has 6 rings (SSSR count). The molecule has 8 nitrogen and oxygen atoms in total. The fourth-order valence-corrected chi connectivity index (χ4v) is 5.80. The first-order valence-electron chi connectivity index (χ1n) is 13.8. The number of carboxylic acids is 1. The van der Waals surface area contributed by atoms with Gasteiger partial charge in [-0.3, -0.25) is 0 Å². The zero-order valence-electron chi connectivity index (χ0n) is 23.4. The summed E-state index contributed by atoms with van der Waals surface area (Å²) in [7, 11) is 0. The van der Waals surface area contributed by atoms with Gasteiger partial charge in [0, 0.05) is 29.3 Å². The zero-order chi connectivity index (χ0) is 29.1. The molecule has 0 saturated heterocycles. The minimum absolute atomic E-state index is 0.0160. The number of allylic oxidation sites excluding steroid dienone is 3. The van der Waals surface area contributed by atoms with E-state index in [1.54, 1.807) is 36.5 Å². The van der Waals surface area contributed by atoms with Crippen molar-refractivity contribution < 1.29 is 33.3 Å². The summed E-state index contributed by atoms with van der Waals surface area (Å²) in [6.07, 6.45) is 7.42. The van der Waals surface area contributed by atoms with Crippen LogP contribution in [0.3, 0.4) is 0 Å². The Bertz CT molecular complexity index is 1640. The fourth-order valence-electron chi connectivity index (χ4n) is 5.07. The summed E-state index contributed by atoms with van der Waals surface area (Å²) in [5.41, 5.74) is 1.53. The SMILES string of the molecule is Cc1oc(-c2cccc(-c3cccs3)c2)nc1CCOC1=CCC(CC(C)(Oc2ccc3c(c2)OCO3)C(=O)O)C=C1. The molecule has 0 bridgehead atoms. The van der Waals surface area contributed by atoms with E-state index in [9.17, 15) is 9.90 Å². The Morgan fingerprint density at radius 2 is 1.98 bits per heavy atom. The Labute approximate surface area is 247 Å². The van der Waals surface area contributed by atoms with Crippen molar-refractivity contribution in [1.29, 1.82) is 0 Å². The van der Waals surface area contributed by atoms with Crippen molar-refractivity contribution in [2.24, 2.45) is 5.92 Å². The summed E-state index contributed by atoms with van der Waals surface area (Å²) in [5.74, 6) is 2.67. The van der Waals surface area contributed by atoms with Crippen LogP contribution in [0.4, 0.5) is 0 Å². The molecule has 4 aromatic rings. The molecule has 0 fully saturated rings. The lowest BCUT2D eigenvalue weighted by atomic mass is 9.87. The van der Waals surface area contributed by atoms with Crippen LogP contribution in [0.5, 0.6) is 17.2 Å². The van der Waals surface area contributed by atoms with Gasteiger partial charge in [0.25, 0.3) is 0 Å². The van der Waals surface area contributed by atoms with Gasteiger partial charge in [-0.05, 0) is 79.6 Å². The molecule has 1 aliphatic heterocycles. The van der Waals surface area contributed by atoms with Gasteiger partial charge in [-0.25, -0.2) is 9.78 Å². The van der Waals surface area contributed by atoms with Crippen molar-refractivity contribution in [2.75, 3.05) is 13.4 Å². The first-order valence-corrected chi connectivity index (χ1v) is 14.7. The number of rotatable bonds is 11. The minimum atomic E-state index is -1.42. The van der Waals surface area contributed by atoms with E-state index in [0.717, 1.165) is 28.3 Å². The monoisotopic (exact) mass is 585 g/mol. The second-order valence-electron chi connectivity index (χ2n) is 10.5. The van der Waals surface area contributed by atoms with Gasteiger partial charge < -0.3 is 28.5 Å². The molecule has 2 aliphatic rings. The molecule has 0 radical (unpaired) electrons. The minimum Gasteiger partial charge on any atom is -0.494 e. The maximum atomic E-state index is 12.2. The van der Waals surface area contributed by atoms with Crippen LogP contribution in [0.1, 0.15) is 31.2 Å². The van der Waals surface area contributed by atoms with Crippen molar-refractivity contribution in [3.63, 3.8) is 0 Å². The van der Waals surface area contributed by atoms with Gasteiger partial charge >= 0.3 is 5.97 Å². The van der Waals surface area contributed by atoms with Crippen LogP contribution >= 0.6 is 11.3 Å². The summed E-state index contributed by atoms with van der Waals surface area (Å²) >= 11 is 1.70. The van der Waals surface area contributed by atoms with Gasteiger partial charge in [0.15, 0.2) is 11.5 Å². The number of aliphatic carboxylic acids is 1. The zero-order valence-corrected chi connectivity index (χ0v) is 24.2. The number of ether oxygens (including phenoxy) is 4. The van der Waals surface area contributed by atoms with E-state index in [1.165, 1.54) is 4.88 Å². The lowest BCUT2D eigenvalue weighted by Gasteiger charge is -2.30. The smallest absolute Gasteiger partial charge is 0.347 e. The normalized spacial score (nSPS) is 17.0. The van der Waals surface area contributed by atoms with Gasteiger partial charge in [0.2, 0.25) is 18.3 Å². The molecule has 42 heavy (non-hydrogen) atoms. The lowest BCUT2D eigenvalue weighted by Crippen LogP contribution is -2.43. The van der Waals surface area contributed by atoms with E-state index in [1.807, 2.05) is 43.4 Å². The number of benzene rings is 2. The van der Waals surface area contributed by atoms with E-state index in [2.05, 4.69) is 23.6 Å². The standard InChI is InChI=1S/C33H31NO7S/c1-21-27(34-31(40-21)24-6-3-5-23(17-24)30-7-4-16-42-30)14-15-37-25-10-8-22(9-11-25)19-33(2,32(35)36)41-26-12-13-28-29(18-26)39-20-38-28/h3-8,10-13,16-18,22H,9,14-15,19-20H2,1-2H3,(H,35,36). The number of nitrogens with zero attached hydrogens (tertiary/aromatic N) is 1. The molecule has 2 aromatic heterocycles. The highest BCUT2D eigenvalue weighted by molar-refractivity contribution is 7.13. The number of carboxylic acid groups (broad SMARTS) is 1. The molecular formula is C33H31NO7S. The molecule has 1 aliphatic carbocycles. The van der Waals surface area contributed by atoms with Crippen molar-refractivity contribution >= 4 is 17.3 Å². The summed E-state index contributed by atoms with van der Waals surface area (Å²) < 4.78 is 28.7. The van der Waals surface area contributed by atoms with Crippen molar-refractivity contribution in [3.8, 4) is 39.1 Å². The van der Waals surface area contributed by atoms with Crippen LogP contribution < -0.4 is 14.2 Å². The Balaban J connectivity index is 1.02. The predicted molar refractivity (Wildman–Crippen MR) is 159 cm³/mol. The molecule has 9 heteroatoms.